The number of hydrogen-bond donors (Lipinski definition) is 2. The lowest BCUT2D eigenvalue weighted by Crippen LogP contribution is -2.29. The Labute approximate surface area is 107 Å². The third kappa shape index (κ3) is 2.16. The van der Waals surface area contributed by atoms with Gasteiger partial charge in [0.25, 0.3) is 0 Å². The zero-order valence-electron chi connectivity index (χ0n) is 10.6. The predicted molar refractivity (Wildman–Crippen MR) is 70.1 cm³/mol. The van der Waals surface area contributed by atoms with Crippen LogP contribution in [0.15, 0.2) is 24.3 Å². The molecule has 0 fully saturated rings. The van der Waals surface area contributed by atoms with E-state index in [1.807, 2.05) is 0 Å². The molecule has 1 atom stereocenters. The third-order valence-corrected chi connectivity index (χ3v) is 3.43. The lowest BCUT2D eigenvalue weighted by molar-refractivity contribution is 0.477. The molecule has 0 amide bonds. The van der Waals surface area contributed by atoms with Crippen molar-refractivity contribution in [3.8, 4) is 0 Å². The highest BCUT2D eigenvalue weighted by molar-refractivity contribution is 5.30. The lowest BCUT2D eigenvalue weighted by atomic mass is 9.96. The Morgan fingerprint density at radius 3 is 2.94 bits per heavy atom. The molecule has 0 bridgehead atoms. The van der Waals surface area contributed by atoms with E-state index in [4.69, 9.17) is 0 Å². The number of rotatable bonds is 3. The first-order valence-corrected chi connectivity index (χ1v) is 6.58. The Balaban J connectivity index is 1.78. The molecule has 2 N–H and O–H groups in total. The maximum absolute atomic E-state index is 4.57. The zero-order chi connectivity index (χ0) is 12.4. The van der Waals surface area contributed by atoms with Crippen molar-refractivity contribution in [1.82, 2.24) is 20.5 Å². The summed E-state index contributed by atoms with van der Waals surface area (Å²) in [6.45, 7) is 3.05. The van der Waals surface area contributed by atoms with Crippen LogP contribution in [0.4, 0.5) is 0 Å². The second-order valence-corrected chi connectivity index (χ2v) is 4.80. The summed E-state index contributed by atoms with van der Waals surface area (Å²) in [5.41, 5.74) is 2.79. The standard InChI is InChI=1S/C14H18N4/c1-2-5-13-16-14(18-17-13)12-8-10-6-3-4-7-11(10)9-15-12/h3-4,6-7,12,15H,2,5,8-9H2,1H3,(H,16,17,18)/t12-/m1/s1. The molecule has 94 valence electrons. The number of aromatic amines is 1. The van der Waals surface area contributed by atoms with Crippen molar-refractivity contribution < 1.29 is 0 Å². The van der Waals surface area contributed by atoms with Crippen LogP contribution >= 0.6 is 0 Å². The van der Waals surface area contributed by atoms with Crippen molar-refractivity contribution >= 4 is 0 Å². The Kier molecular flexibility index (Phi) is 3.11. The van der Waals surface area contributed by atoms with E-state index in [-0.39, 0.29) is 6.04 Å². The van der Waals surface area contributed by atoms with Gasteiger partial charge in [-0.3, -0.25) is 5.10 Å². The number of fused-ring (bicyclic) bond motifs is 1. The smallest absolute Gasteiger partial charge is 0.167 e. The van der Waals surface area contributed by atoms with Gasteiger partial charge in [0.15, 0.2) is 5.82 Å². The molecule has 0 saturated heterocycles. The summed E-state index contributed by atoms with van der Waals surface area (Å²) >= 11 is 0. The van der Waals surface area contributed by atoms with Crippen LogP contribution in [0.3, 0.4) is 0 Å². The van der Waals surface area contributed by atoms with Gasteiger partial charge in [-0.25, -0.2) is 4.98 Å². The van der Waals surface area contributed by atoms with Crippen LogP contribution in [-0.4, -0.2) is 15.2 Å². The Morgan fingerprint density at radius 2 is 2.11 bits per heavy atom. The van der Waals surface area contributed by atoms with E-state index in [1.54, 1.807) is 0 Å². The van der Waals surface area contributed by atoms with Crippen molar-refractivity contribution in [3.63, 3.8) is 0 Å². The van der Waals surface area contributed by atoms with Crippen LogP contribution in [0.1, 0.15) is 42.2 Å². The SMILES string of the molecule is CCCc1nc([C@H]2Cc3ccccc3CN2)n[nH]1. The molecule has 18 heavy (non-hydrogen) atoms. The minimum Gasteiger partial charge on any atom is -0.303 e. The van der Waals surface area contributed by atoms with Gasteiger partial charge in [0.05, 0.1) is 6.04 Å². The number of hydrogen-bond acceptors (Lipinski definition) is 3. The zero-order valence-corrected chi connectivity index (χ0v) is 10.6. The second kappa shape index (κ2) is 4.90. The fraction of sp³-hybridized carbons (Fsp3) is 0.429. The van der Waals surface area contributed by atoms with Crippen LogP contribution in [0.2, 0.25) is 0 Å². The summed E-state index contributed by atoms with van der Waals surface area (Å²) < 4.78 is 0. The third-order valence-electron chi connectivity index (χ3n) is 3.43. The number of benzene rings is 1. The first-order chi connectivity index (χ1) is 8.86. The first-order valence-electron chi connectivity index (χ1n) is 6.58. The summed E-state index contributed by atoms with van der Waals surface area (Å²) in [6, 6.07) is 8.80. The highest BCUT2D eigenvalue weighted by Gasteiger charge is 2.22. The normalized spacial score (nSPS) is 18.6. The van der Waals surface area contributed by atoms with Gasteiger partial charge in [-0.15, -0.1) is 0 Å². The van der Waals surface area contributed by atoms with Gasteiger partial charge in [0.2, 0.25) is 0 Å². The van der Waals surface area contributed by atoms with Crippen LogP contribution in [-0.2, 0) is 19.4 Å². The molecule has 0 aliphatic carbocycles. The fourth-order valence-corrected chi connectivity index (χ4v) is 2.45. The summed E-state index contributed by atoms with van der Waals surface area (Å²) in [7, 11) is 0. The molecule has 1 aromatic heterocycles. The molecule has 1 aromatic carbocycles. The van der Waals surface area contributed by atoms with E-state index in [9.17, 15) is 0 Å². The van der Waals surface area contributed by atoms with E-state index >= 15 is 0 Å². The number of aryl methyl sites for hydroxylation is 1. The molecule has 0 saturated carbocycles. The monoisotopic (exact) mass is 242 g/mol. The Bertz CT molecular complexity index is 532. The van der Waals surface area contributed by atoms with Gasteiger partial charge >= 0.3 is 0 Å². The van der Waals surface area contributed by atoms with Crippen molar-refractivity contribution in [3.05, 3.63) is 47.0 Å². The minimum atomic E-state index is 0.238. The number of nitrogens with zero attached hydrogens (tertiary/aromatic N) is 2. The van der Waals surface area contributed by atoms with Crippen molar-refractivity contribution in [1.29, 1.82) is 0 Å². The van der Waals surface area contributed by atoms with Gasteiger partial charge in [0, 0.05) is 13.0 Å². The van der Waals surface area contributed by atoms with E-state index in [2.05, 4.69) is 51.7 Å². The summed E-state index contributed by atoms with van der Waals surface area (Å²) in [4.78, 5) is 4.57. The minimum absolute atomic E-state index is 0.238. The summed E-state index contributed by atoms with van der Waals surface area (Å²) in [5, 5.41) is 10.9. The van der Waals surface area contributed by atoms with Crippen LogP contribution in [0.25, 0.3) is 0 Å². The van der Waals surface area contributed by atoms with E-state index in [0.717, 1.165) is 37.5 Å². The van der Waals surface area contributed by atoms with E-state index in [0.29, 0.717) is 0 Å². The van der Waals surface area contributed by atoms with Gasteiger partial charge in [-0.2, -0.15) is 5.10 Å². The van der Waals surface area contributed by atoms with E-state index in [1.165, 1.54) is 11.1 Å². The summed E-state index contributed by atoms with van der Waals surface area (Å²) in [5.74, 6) is 1.89. The number of nitrogens with one attached hydrogen (secondary N) is 2. The quantitative estimate of drug-likeness (QED) is 0.867. The largest absolute Gasteiger partial charge is 0.303 e. The van der Waals surface area contributed by atoms with Gasteiger partial charge in [-0.05, 0) is 24.0 Å². The molecule has 4 nitrogen and oxygen atoms in total. The lowest BCUT2D eigenvalue weighted by Gasteiger charge is -2.23. The average molecular weight is 242 g/mol. The highest BCUT2D eigenvalue weighted by Crippen LogP contribution is 2.23. The Morgan fingerprint density at radius 1 is 1.28 bits per heavy atom. The highest BCUT2D eigenvalue weighted by atomic mass is 15.2. The number of aromatic nitrogens is 3. The summed E-state index contributed by atoms with van der Waals surface area (Å²) in [6.07, 6.45) is 3.03. The molecule has 2 heterocycles. The molecule has 1 aliphatic rings. The maximum Gasteiger partial charge on any atom is 0.167 e. The molecular formula is C14H18N4. The van der Waals surface area contributed by atoms with Crippen molar-refractivity contribution in [2.75, 3.05) is 0 Å². The Hall–Kier alpha value is -1.68. The molecule has 2 aromatic rings. The topological polar surface area (TPSA) is 53.6 Å². The van der Waals surface area contributed by atoms with Crippen molar-refractivity contribution in [2.45, 2.75) is 38.8 Å². The van der Waals surface area contributed by atoms with Gasteiger partial charge < -0.3 is 5.32 Å². The molecule has 0 spiro atoms. The molecule has 0 radical (unpaired) electrons. The maximum atomic E-state index is 4.57. The van der Waals surface area contributed by atoms with Crippen LogP contribution in [0, 0.1) is 0 Å². The molecule has 1 aliphatic heterocycles. The predicted octanol–water partition coefficient (Wildman–Crippen LogP) is 2.14. The van der Waals surface area contributed by atoms with Gasteiger partial charge in [0.1, 0.15) is 5.82 Å². The molecular weight excluding hydrogens is 224 g/mol. The average Bonchev–Trinajstić information content (AvgIpc) is 2.87. The second-order valence-electron chi connectivity index (χ2n) is 4.80. The van der Waals surface area contributed by atoms with E-state index < -0.39 is 0 Å². The molecule has 3 rings (SSSR count). The first kappa shape index (κ1) is 11.4. The number of H-pyrrole nitrogens is 1. The van der Waals surface area contributed by atoms with Crippen molar-refractivity contribution in [2.24, 2.45) is 0 Å². The molecule has 4 heteroatoms. The fourth-order valence-electron chi connectivity index (χ4n) is 2.45. The molecule has 0 unspecified atom stereocenters. The van der Waals surface area contributed by atoms with Gasteiger partial charge in [-0.1, -0.05) is 31.2 Å². The van der Waals surface area contributed by atoms with Crippen LogP contribution < -0.4 is 5.32 Å². The van der Waals surface area contributed by atoms with Crippen LogP contribution in [0.5, 0.6) is 0 Å².